The van der Waals surface area contributed by atoms with E-state index in [4.69, 9.17) is 22.1 Å². The SMILES string of the molecule is COc1cc(C2(CN)CC2)cc(Cl)c1C(C)C. The van der Waals surface area contributed by atoms with Crippen molar-refractivity contribution in [2.75, 3.05) is 13.7 Å². The Morgan fingerprint density at radius 1 is 1.41 bits per heavy atom. The van der Waals surface area contributed by atoms with E-state index in [2.05, 4.69) is 26.0 Å². The van der Waals surface area contributed by atoms with Gasteiger partial charge in [-0.15, -0.1) is 0 Å². The summed E-state index contributed by atoms with van der Waals surface area (Å²) in [5.74, 6) is 1.25. The van der Waals surface area contributed by atoms with Gasteiger partial charge in [-0.05, 0) is 36.5 Å². The van der Waals surface area contributed by atoms with Crippen LogP contribution in [-0.2, 0) is 5.41 Å². The van der Waals surface area contributed by atoms with Gasteiger partial charge in [-0.25, -0.2) is 0 Å². The van der Waals surface area contributed by atoms with Crippen molar-refractivity contribution >= 4 is 11.6 Å². The van der Waals surface area contributed by atoms with E-state index < -0.39 is 0 Å². The van der Waals surface area contributed by atoms with Gasteiger partial charge in [0.15, 0.2) is 0 Å². The molecule has 1 fully saturated rings. The van der Waals surface area contributed by atoms with Gasteiger partial charge in [-0.1, -0.05) is 25.4 Å². The molecule has 2 nitrogen and oxygen atoms in total. The number of hydrogen-bond donors (Lipinski definition) is 1. The van der Waals surface area contributed by atoms with Crippen molar-refractivity contribution in [1.82, 2.24) is 0 Å². The molecule has 1 aromatic carbocycles. The molecular weight excluding hydrogens is 234 g/mol. The molecule has 1 aliphatic carbocycles. The number of hydrogen-bond acceptors (Lipinski definition) is 2. The second-order valence-corrected chi connectivity index (χ2v) is 5.62. The maximum absolute atomic E-state index is 6.38. The lowest BCUT2D eigenvalue weighted by atomic mass is 9.92. The zero-order chi connectivity index (χ0) is 12.6. The lowest BCUT2D eigenvalue weighted by Gasteiger charge is -2.19. The van der Waals surface area contributed by atoms with Gasteiger partial charge in [0.1, 0.15) is 5.75 Å². The van der Waals surface area contributed by atoms with Crippen LogP contribution in [0.5, 0.6) is 5.75 Å². The highest BCUT2D eigenvalue weighted by Crippen LogP contribution is 2.49. The van der Waals surface area contributed by atoms with Crippen molar-refractivity contribution in [3.63, 3.8) is 0 Å². The monoisotopic (exact) mass is 253 g/mol. The molecule has 94 valence electrons. The Balaban J connectivity index is 2.49. The summed E-state index contributed by atoms with van der Waals surface area (Å²) in [4.78, 5) is 0. The Morgan fingerprint density at radius 2 is 2.06 bits per heavy atom. The molecule has 0 heterocycles. The molecule has 2 rings (SSSR count). The van der Waals surface area contributed by atoms with Crippen LogP contribution < -0.4 is 10.5 Å². The number of halogens is 1. The molecule has 0 bridgehead atoms. The number of ether oxygens (including phenoxy) is 1. The van der Waals surface area contributed by atoms with Gasteiger partial charge in [0.2, 0.25) is 0 Å². The number of methoxy groups -OCH3 is 1. The average Bonchev–Trinajstić information content (AvgIpc) is 3.08. The molecule has 0 atom stereocenters. The molecule has 0 unspecified atom stereocenters. The third-order valence-electron chi connectivity index (χ3n) is 3.75. The second kappa shape index (κ2) is 4.51. The van der Waals surface area contributed by atoms with E-state index in [0.717, 1.165) is 29.2 Å². The molecule has 0 aliphatic heterocycles. The van der Waals surface area contributed by atoms with Crippen LogP contribution in [0.4, 0.5) is 0 Å². The van der Waals surface area contributed by atoms with Crippen molar-refractivity contribution in [2.45, 2.75) is 38.0 Å². The van der Waals surface area contributed by atoms with Gasteiger partial charge in [0.05, 0.1) is 7.11 Å². The van der Waals surface area contributed by atoms with Gasteiger partial charge in [-0.2, -0.15) is 0 Å². The summed E-state index contributed by atoms with van der Waals surface area (Å²) in [7, 11) is 1.70. The molecular formula is C14H20ClNO. The van der Waals surface area contributed by atoms with E-state index in [1.807, 2.05) is 0 Å². The third-order valence-corrected chi connectivity index (χ3v) is 4.06. The normalized spacial score (nSPS) is 17.3. The zero-order valence-electron chi connectivity index (χ0n) is 10.7. The Hall–Kier alpha value is -0.730. The summed E-state index contributed by atoms with van der Waals surface area (Å²) >= 11 is 6.38. The maximum Gasteiger partial charge on any atom is 0.124 e. The topological polar surface area (TPSA) is 35.2 Å². The first-order chi connectivity index (χ1) is 8.04. The van der Waals surface area contributed by atoms with Gasteiger partial charge >= 0.3 is 0 Å². The molecule has 1 saturated carbocycles. The summed E-state index contributed by atoms with van der Waals surface area (Å²) in [5, 5.41) is 0.800. The minimum Gasteiger partial charge on any atom is -0.496 e. The van der Waals surface area contributed by atoms with Crippen molar-refractivity contribution in [3.05, 3.63) is 28.3 Å². The lowest BCUT2D eigenvalue weighted by molar-refractivity contribution is 0.406. The smallest absolute Gasteiger partial charge is 0.124 e. The molecule has 17 heavy (non-hydrogen) atoms. The molecule has 1 aliphatic rings. The van der Waals surface area contributed by atoms with Gasteiger partial charge in [0, 0.05) is 22.5 Å². The Kier molecular flexibility index (Phi) is 3.37. The maximum atomic E-state index is 6.38. The van der Waals surface area contributed by atoms with Gasteiger partial charge < -0.3 is 10.5 Å². The average molecular weight is 254 g/mol. The van der Waals surface area contributed by atoms with Gasteiger partial charge in [0.25, 0.3) is 0 Å². The third kappa shape index (κ3) is 2.16. The van der Waals surface area contributed by atoms with Gasteiger partial charge in [-0.3, -0.25) is 0 Å². The Morgan fingerprint density at radius 3 is 2.47 bits per heavy atom. The second-order valence-electron chi connectivity index (χ2n) is 5.21. The van der Waals surface area contributed by atoms with Crippen molar-refractivity contribution in [1.29, 1.82) is 0 Å². The number of rotatable bonds is 4. The van der Waals surface area contributed by atoms with Crippen LogP contribution in [0.25, 0.3) is 0 Å². The minimum atomic E-state index is 0.159. The largest absolute Gasteiger partial charge is 0.496 e. The lowest BCUT2D eigenvalue weighted by Crippen LogP contribution is -2.20. The number of benzene rings is 1. The standard InChI is InChI=1S/C14H20ClNO/c1-9(2)13-11(15)6-10(7-12(13)17-3)14(8-16)4-5-14/h6-7,9H,4-5,8,16H2,1-3H3. The van der Waals surface area contributed by atoms with Crippen molar-refractivity contribution < 1.29 is 4.74 Å². The molecule has 3 heteroatoms. The molecule has 0 saturated heterocycles. The van der Waals surface area contributed by atoms with E-state index in [9.17, 15) is 0 Å². The summed E-state index contributed by atoms with van der Waals surface area (Å²) in [6.45, 7) is 4.94. The Bertz CT molecular complexity index is 424. The summed E-state index contributed by atoms with van der Waals surface area (Å²) < 4.78 is 5.47. The van der Waals surface area contributed by atoms with Crippen molar-refractivity contribution in [3.8, 4) is 5.75 Å². The van der Waals surface area contributed by atoms with Crippen LogP contribution in [0.15, 0.2) is 12.1 Å². The highest BCUT2D eigenvalue weighted by molar-refractivity contribution is 6.31. The molecule has 1 aromatic rings. The van der Waals surface area contributed by atoms with E-state index in [0.29, 0.717) is 12.5 Å². The minimum absolute atomic E-state index is 0.159. The fourth-order valence-corrected chi connectivity index (χ4v) is 2.82. The highest BCUT2D eigenvalue weighted by atomic mass is 35.5. The number of nitrogens with two attached hydrogens (primary N) is 1. The predicted molar refractivity (Wildman–Crippen MR) is 72.1 cm³/mol. The van der Waals surface area contributed by atoms with Crippen LogP contribution in [0.3, 0.4) is 0 Å². The summed E-state index contributed by atoms with van der Waals surface area (Å²) in [5.41, 5.74) is 8.33. The van der Waals surface area contributed by atoms with Crippen LogP contribution >= 0.6 is 11.6 Å². The van der Waals surface area contributed by atoms with Crippen LogP contribution in [0.1, 0.15) is 43.7 Å². The van der Waals surface area contributed by atoms with Crippen LogP contribution in [0, 0.1) is 0 Å². The molecule has 0 aromatic heterocycles. The quantitative estimate of drug-likeness (QED) is 0.892. The van der Waals surface area contributed by atoms with Crippen LogP contribution in [-0.4, -0.2) is 13.7 Å². The summed E-state index contributed by atoms with van der Waals surface area (Å²) in [6, 6.07) is 4.18. The zero-order valence-corrected chi connectivity index (χ0v) is 11.5. The van der Waals surface area contributed by atoms with E-state index in [-0.39, 0.29) is 5.41 Å². The summed E-state index contributed by atoms with van der Waals surface area (Å²) in [6.07, 6.45) is 2.31. The molecule has 0 radical (unpaired) electrons. The fraction of sp³-hybridized carbons (Fsp3) is 0.571. The van der Waals surface area contributed by atoms with E-state index in [1.54, 1.807) is 7.11 Å². The first-order valence-electron chi connectivity index (χ1n) is 6.12. The molecule has 0 amide bonds. The fourth-order valence-electron chi connectivity index (χ4n) is 2.39. The first-order valence-corrected chi connectivity index (χ1v) is 6.50. The molecule has 0 spiro atoms. The molecule has 2 N–H and O–H groups in total. The predicted octanol–water partition coefficient (Wildman–Crippen LogP) is 3.46. The highest BCUT2D eigenvalue weighted by Gasteiger charge is 2.43. The first kappa shape index (κ1) is 12.7. The van der Waals surface area contributed by atoms with Crippen molar-refractivity contribution in [2.24, 2.45) is 5.73 Å². The van der Waals surface area contributed by atoms with E-state index in [1.165, 1.54) is 5.56 Å². The Labute approximate surface area is 108 Å². The van der Waals surface area contributed by atoms with Crippen LogP contribution in [0.2, 0.25) is 5.02 Å². The van der Waals surface area contributed by atoms with E-state index >= 15 is 0 Å².